The predicted octanol–water partition coefficient (Wildman–Crippen LogP) is 1.46. The molecule has 0 aromatic carbocycles. The quantitative estimate of drug-likeness (QED) is 0.773. The molecule has 1 aliphatic heterocycles. The third-order valence-electron chi connectivity index (χ3n) is 2.41. The molecule has 1 N–H and O–H groups in total. The third kappa shape index (κ3) is 4.51. The third-order valence-corrected chi connectivity index (χ3v) is 2.41. The molecule has 1 rings (SSSR count). The highest BCUT2D eigenvalue weighted by Crippen LogP contribution is 2.13. The zero-order valence-corrected chi connectivity index (χ0v) is 10.2. The van der Waals surface area contributed by atoms with Crippen molar-refractivity contribution in [3.8, 4) is 0 Å². The van der Waals surface area contributed by atoms with Crippen LogP contribution in [0.1, 0.15) is 27.7 Å². The molecule has 0 aromatic rings. The molecule has 0 aromatic heterocycles. The molecule has 4 heteroatoms. The van der Waals surface area contributed by atoms with Crippen LogP contribution in [0.2, 0.25) is 0 Å². The van der Waals surface area contributed by atoms with Gasteiger partial charge in [-0.05, 0) is 27.3 Å². The van der Waals surface area contributed by atoms with Crippen molar-refractivity contribution >= 4 is 6.09 Å². The summed E-state index contributed by atoms with van der Waals surface area (Å²) in [6.07, 6.45) is -0.308. The van der Waals surface area contributed by atoms with Crippen molar-refractivity contribution in [2.45, 2.75) is 33.3 Å². The van der Waals surface area contributed by atoms with Crippen LogP contribution in [0.4, 0.5) is 4.79 Å². The lowest BCUT2D eigenvalue weighted by atomic mass is 10.0. The first kappa shape index (κ1) is 12.3. The highest BCUT2D eigenvalue weighted by molar-refractivity contribution is 5.67. The topological polar surface area (TPSA) is 41.6 Å². The number of ether oxygens (including phenoxy) is 1. The molecule has 15 heavy (non-hydrogen) atoms. The maximum absolute atomic E-state index is 11.3. The highest BCUT2D eigenvalue weighted by Gasteiger charge is 2.26. The molecule has 1 saturated heterocycles. The second-order valence-corrected chi connectivity index (χ2v) is 5.10. The Balaban J connectivity index is 2.08. The Kier molecular flexibility index (Phi) is 3.97. The molecule has 4 nitrogen and oxygen atoms in total. The van der Waals surface area contributed by atoms with Gasteiger partial charge in [0.15, 0.2) is 0 Å². The number of carbonyl (C=O) groups excluding carboxylic acids is 1. The predicted molar refractivity (Wildman–Crippen MR) is 59.8 cm³/mol. The van der Waals surface area contributed by atoms with Gasteiger partial charge in [0.05, 0.1) is 0 Å². The minimum Gasteiger partial charge on any atom is -0.444 e. The van der Waals surface area contributed by atoms with Crippen molar-refractivity contribution in [2.75, 3.05) is 26.2 Å². The van der Waals surface area contributed by atoms with Gasteiger partial charge in [0, 0.05) is 25.6 Å². The summed E-state index contributed by atoms with van der Waals surface area (Å²) in [4.78, 5) is 13.7. The molecule has 1 aliphatic rings. The summed E-state index contributed by atoms with van der Waals surface area (Å²) < 4.78 is 5.15. The van der Waals surface area contributed by atoms with Crippen LogP contribution in [0.5, 0.6) is 0 Å². The van der Waals surface area contributed by atoms with E-state index < -0.39 is 5.60 Å². The first-order chi connectivity index (χ1) is 6.90. The van der Waals surface area contributed by atoms with Crippen molar-refractivity contribution in [1.29, 1.82) is 0 Å². The van der Waals surface area contributed by atoms with Gasteiger partial charge in [-0.1, -0.05) is 6.92 Å². The fourth-order valence-corrected chi connectivity index (χ4v) is 1.61. The van der Waals surface area contributed by atoms with Crippen LogP contribution >= 0.6 is 0 Å². The van der Waals surface area contributed by atoms with E-state index in [1.165, 1.54) is 0 Å². The Morgan fingerprint density at radius 1 is 1.47 bits per heavy atom. The van der Waals surface area contributed by atoms with E-state index in [0.29, 0.717) is 5.92 Å². The van der Waals surface area contributed by atoms with E-state index >= 15 is 0 Å². The van der Waals surface area contributed by atoms with E-state index in [2.05, 4.69) is 17.1 Å². The van der Waals surface area contributed by atoms with E-state index in [-0.39, 0.29) is 6.09 Å². The number of hydrogen-bond acceptors (Lipinski definition) is 3. The Bertz CT molecular complexity index is 217. The Labute approximate surface area is 92.0 Å². The van der Waals surface area contributed by atoms with Crippen molar-refractivity contribution in [3.05, 3.63) is 0 Å². The maximum Gasteiger partial charge on any atom is 0.407 e. The van der Waals surface area contributed by atoms with E-state index in [1.54, 1.807) is 0 Å². The van der Waals surface area contributed by atoms with Gasteiger partial charge in [0.25, 0.3) is 0 Å². The van der Waals surface area contributed by atoms with Gasteiger partial charge in [0.2, 0.25) is 0 Å². The molecule has 0 saturated carbocycles. The van der Waals surface area contributed by atoms with E-state index in [1.807, 2.05) is 20.8 Å². The van der Waals surface area contributed by atoms with Crippen LogP contribution < -0.4 is 5.32 Å². The van der Waals surface area contributed by atoms with Crippen LogP contribution in [-0.2, 0) is 4.74 Å². The van der Waals surface area contributed by atoms with E-state index in [0.717, 1.165) is 26.2 Å². The summed E-state index contributed by atoms with van der Waals surface area (Å²) in [5.74, 6) is 0.595. The molecule has 88 valence electrons. The van der Waals surface area contributed by atoms with E-state index in [9.17, 15) is 4.79 Å². The lowest BCUT2D eigenvalue weighted by Crippen LogP contribution is -2.51. The number of carbonyl (C=O) groups is 1. The molecule has 0 aliphatic carbocycles. The van der Waals surface area contributed by atoms with Crippen LogP contribution in [0, 0.1) is 5.92 Å². The molecule has 0 unspecified atom stereocenters. The first-order valence-electron chi connectivity index (χ1n) is 5.60. The van der Waals surface area contributed by atoms with Crippen molar-refractivity contribution in [3.63, 3.8) is 0 Å². The second-order valence-electron chi connectivity index (χ2n) is 5.10. The summed E-state index contributed by atoms with van der Waals surface area (Å²) >= 11 is 0. The Morgan fingerprint density at radius 3 is 2.53 bits per heavy atom. The van der Waals surface area contributed by atoms with Crippen LogP contribution in [0.15, 0.2) is 0 Å². The summed E-state index contributed by atoms with van der Waals surface area (Å²) in [6, 6.07) is 0. The minimum atomic E-state index is -0.404. The van der Waals surface area contributed by atoms with Gasteiger partial charge in [0.1, 0.15) is 5.60 Å². The van der Waals surface area contributed by atoms with Crippen LogP contribution in [0.25, 0.3) is 0 Å². The minimum absolute atomic E-state index is 0.308. The van der Waals surface area contributed by atoms with Crippen molar-refractivity contribution < 1.29 is 9.53 Å². The number of nitrogens with zero attached hydrogens (tertiary/aromatic N) is 1. The SMILES string of the molecule is CCN1CC(CNC(=O)OC(C)(C)C)C1. The van der Waals surface area contributed by atoms with Crippen LogP contribution in [0.3, 0.4) is 0 Å². The fraction of sp³-hybridized carbons (Fsp3) is 0.909. The number of nitrogens with one attached hydrogen (secondary N) is 1. The van der Waals surface area contributed by atoms with Gasteiger partial charge in [-0.3, -0.25) is 0 Å². The maximum atomic E-state index is 11.3. The molecule has 0 bridgehead atoms. The number of alkyl carbamates (subject to hydrolysis) is 1. The summed E-state index contributed by atoms with van der Waals surface area (Å²) in [7, 11) is 0. The van der Waals surface area contributed by atoms with E-state index in [4.69, 9.17) is 4.74 Å². The zero-order valence-electron chi connectivity index (χ0n) is 10.2. The number of rotatable bonds is 3. The molecule has 1 amide bonds. The van der Waals surface area contributed by atoms with Crippen molar-refractivity contribution in [1.82, 2.24) is 10.2 Å². The van der Waals surface area contributed by atoms with Gasteiger partial charge in [-0.2, -0.15) is 0 Å². The molecular formula is C11H22N2O2. The molecule has 0 radical (unpaired) electrons. The highest BCUT2D eigenvalue weighted by atomic mass is 16.6. The van der Waals surface area contributed by atoms with Crippen molar-refractivity contribution in [2.24, 2.45) is 5.92 Å². The number of likely N-dealkylation sites (tertiary alicyclic amines) is 1. The summed E-state index contributed by atoms with van der Waals surface area (Å²) in [6.45, 7) is 11.8. The fourth-order valence-electron chi connectivity index (χ4n) is 1.61. The normalized spacial score (nSPS) is 18.4. The average Bonchev–Trinajstić information content (AvgIpc) is 1.98. The lowest BCUT2D eigenvalue weighted by molar-refractivity contribution is 0.0471. The molecule has 0 spiro atoms. The second kappa shape index (κ2) is 4.84. The zero-order chi connectivity index (χ0) is 11.5. The molecule has 0 atom stereocenters. The number of hydrogen-bond donors (Lipinski definition) is 1. The average molecular weight is 214 g/mol. The molecular weight excluding hydrogens is 192 g/mol. The smallest absolute Gasteiger partial charge is 0.407 e. The Morgan fingerprint density at radius 2 is 2.07 bits per heavy atom. The summed E-state index contributed by atoms with van der Waals surface area (Å²) in [5, 5.41) is 2.80. The van der Waals surface area contributed by atoms with Gasteiger partial charge in [-0.15, -0.1) is 0 Å². The van der Waals surface area contributed by atoms with Gasteiger partial charge < -0.3 is 15.0 Å². The first-order valence-corrected chi connectivity index (χ1v) is 5.60. The van der Waals surface area contributed by atoms with Gasteiger partial charge in [-0.25, -0.2) is 4.79 Å². The molecule has 1 fully saturated rings. The standard InChI is InChI=1S/C11H22N2O2/c1-5-13-7-9(8-13)6-12-10(14)15-11(2,3)4/h9H,5-8H2,1-4H3,(H,12,14). The largest absolute Gasteiger partial charge is 0.444 e. The Hall–Kier alpha value is -0.770. The monoisotopic (exact) mass is 214 g/mol. The van der Waals surface area contributed by atoms with Gasteiger partial charge >= 0.3 is 6.09 Å². The summed E-state index contributed by atoms with van der Waals surface area (Å²) in [5.41, 5.74) is -0.404. The molecule has 1 heterocycles. The number of amides is 1. The lowest BCUT2D eigenvalue weighted by Gasteiger charge is -2.38. The van der Waals surface area contributed by atoms with Crippen LogP contribution in [-0.4, -0.2) is 42.8 Å².